The van der Waals surface area contributed by atoms with Gasteiger partial charge in [0.05, 0.1) is 11.4 Å². The predicted molar refractivity (Wildman–Crippen MR) is 138 cm³/mol. The standard InChI is InChI=1S/C26H21N5OS2/c1-18-12-14-19(15-13-18)22-16-33-25(27-22)28-23(32)17-34-26-30-29-24(20-8-4-2-5-9-20)31(26)21-10-6-3-7-11-21/h2-16H,17H2,1H3,(H,27,28,32). The Labute approximate surface area is 205 Å². The molecule has 8 heteroatoms. The van der Waals surface area contributed by atoms with Crippen LogP contribution in [0.2, 0.25) is 0 Å². The first-order valence-corrected chi connectivity index (χ1v) is 12.6. The number of nitrogens with one attached hydrogen (secondary N) is 1. The minimum Gasteiger partial charge on any atom is -0.301 e. The van der Waals surface area contributed by atoms with Crippen molar-refractivity contribution in [2.45, 2.75) is 12.1 Å². The minimum absolute atomic E-state index is 0.140. The zero-order chi connectivity index (χ0) is 23.3. The van der Waals surface area contributed by atoms with Gasteiger partial charge in [-0.15, -0.1) is 21.5 Å². The van der Waals surface area contributed by atoms with Gasteiger partial charge in [0.1, 0.15) is 0 Å². The van der Waals surface area contributed by atoms with Crippen LogP contribution in [0.1, 0.15) is 5.56 Å². The molecule has 0 aliphatic rings. The van der Waals surface area contributed by atoms with Crippen LogP contribution in [0, 0.1) is 6.92 Å². The van der Waals surface area contributed by atoms with Crippen LogP contribution in [0.25, 0.3) is 28.3 Å². The number of nitrogens with zero attached hydrogens (tertiary/aromatic N) is 4. The Morgan fingerprint density at radius 2 is 1.62 bits per heavy atom. The molecule has 34 heavy (non-hydrogen) atoms. The van der Waals surface area contributed by atoms with Gasteiger partial charge >= 0.3 is 0 Å². The third-order valence-corrected chi connectivity index (χ3v) is 6.80. The molecule has 0 saturated heterocycles. The number of aryl methyl sites for hydroxylation is 1. The van der Waals surface area contributed by atoms with E-state index in [1.54, 1.807) is 0 Å². The van der Waals surface area contributed by atoms with Gasteiger partial charge in [-0.1, -0.05) is 90.1 Å². The number of hydrogen-bond donors (Lipinski definition) is 1. The quantitative estimate of drug-likeness (QED) is 0.283. The number of carbonyl (C=O) groups is 1. The first-order valence-electron chi connectivity index (χ1n) is 10.7. The number of anilines is 1. The maximum absolute atomic E-state index is 12.7. The van der Waals surface area contributed by atoms with Crippen LogP contribution in [0.15, 0.2) is 95.5 Å². The van der Waals surface area contributed by atoms with Gasteiger partial charge in [-0.25, -0.2) is 4.98 Å². The van der Waals surface area contributed by atoms with E-state index in [0.717, 1.165) is 28.3 Å². The van der Waals surface area contributed by atoms with Crippen molar-refractivity contribution in [1.29, 1.82) is 0 Å². The fourth-order valence-corrected chi connectivity index (χ4v) is 4.91. The summed E-state index contributed by atoms with van der Waals surface area (Å²) in [5.74, 6) is 0.787. The van der Waals surface area contributed by atoms with Gasteiger partial charge in [-0.05, 0) is 19.1 Å². The molecule has 1 amide bonds. The Hall–Kier alpha value is -3.75. The fourth-order valence-electron chi connectivity index (χ4n) is 3.42. The highest BCUT2D eigenvalue weighted by Gasteiger charge is 2.17. The Morgan fingerprint density at radius 1 is 0.912 bits per heavy atom. The minimum atomic E-state index is -0.140. The number of aromatic nitrogens is 4. The molecule has 0 atom stereocenters. The summed E-state index contributed by atoms with van der Waals surface area (Å²) in [7, 11) is 0. The Kier molecular flexibility index (Phi) is 6.51. The molecule has 0 fully saturated rings. The van der Waals surface area contributed by atoms with E-state index in [4.69, 9.17) is 0 Å². The van der Waals surface area contributed by atoms with Crippen molar-refractivity contribution in [3.8, 4) is 28.3 Å². The third kappa shape index (κ3) is 4.93. The van der Waals surface area contributed by atoms with Crippen molar-refractivity contribution >= 4 is 34.1 Å². The molecule has 0 aliphatic carbocycles. The van der Waals surface area contributed by atoms with Crippen LogP contribution in [-0.2, 0) is 4.79 Å². The molecule has 0 unspecified atom stereocenters. The summed E-state index contributed by atoms with van der Waals surface area (Å²) in [6, 6.07) is 28.0. The molecular weight excluding hydrogens is 462 g/mol. The number of thioether (sulfide) groups is 1. The highest BCUT2D eigenvalue weighted by molar-refractivity contribution is 7.99. The van der Waals surface area contributed by atoms with Gasteiger partial charge in [0.25, 0.3) is 0 Å². The van der Waals surface area contributed by atoms with Crippen molar-refractivity contribution in [3.05, 3.63) is 95.9 Å². The topological polar surface area (TPSA) is 72.7 Å². The van der Waals surface area contributed by atoms with E-state index in [2.05, 4.69) is 39.6 Å². The van der Waals surface area contributed by atoms with Crippen LogP contribution < -0.4 is 5.32 Å². The second-order valence-electron chi connectivity index (χ2n) is 7.58. The van der Waals surface area contributed by atoms with Crippen molar-refractivity contribution in [1.82, 2.24) is 19.7 Å². The monoisotopic (exact) mass is 483 g/mol. The number of rotatable bonds is 7. The first kappa shape index (κ1) is 22.1. The van der Waals surface area contributed by atoms with Crippen molar-refractivity contribution in [2.75, 3.05) is 11.1 Å². The second-order valence-corrected chi connectivity index (χ2v) is 9.38. The van der Waals surface area contributed by atoms with Crippen molar-refractivity contribution < 1.29 is 4.79 Å². The molecule has 0 aliphatic heterocycles. The molecule has 168 valence electrons. The van der Waals surface area contributed by atoms with Gasteiger partial charge in [0, 0.05) is 22.2 Å². The highest BCUT2D eigenvalue weighted by Crippen LogP contribution is 2.29. The average molecular weight is 484 g/mol. The average Bonchev–Trinajstić information content (AvgIpc) is 3.51. The summed E-state index contributed by atoms with van der Waals surface area (Å²) < 4.78 is 1.98. The number of para-hydroxylation sites is 1. The molecule has 1 N–H and O–H groups in total. The normalized spacial score (nSPS) is 10.9. The van der Waals surface area contributed by atoms with E-state index in [0.29, 0.717) is 10.3 Å². The number of thiazole rings is 1. The van der Waals surface area contributed by atoms with Crippen LogP contribution in [-0.4, -0.2) is 31.4 Å². The van der Waals surface area contributed by atoms with E-state index < -0.39 is 0 Å². The van der Waals surface area contributed by atoms with E-state index in [-0.39, 0.29) is 11.7 Å². The van der Waals surface area contributed by atoms with Crippen LogP contribution >= 0.6 is 23.1 Å². The SMILES string of the molecule is Cc1ccc(-c2csc(NC(=O)CSc3nnc(-c4ccccc4)n3-c3ccccc3)n2)cc1. The zero-order valence-electron chi connectivity index (χ0n) is 18.4. The molecule has 0 saturated carbocycles. The van der Waals surface area contributed by atoms with E-state index in [1.165, 1.54) is 28.7 Å². The van der Waals surface area contributed by atoms with Crippen molar-refractivity contribution in [3.63, 3.8) is 0 Å². The summed E-state index contributed by atoms with van der Waals surface area (Å²) in [5, 5.41) is 14.9. The third-order valence-electron chi connectivity index (χ3n) is 5.11. The van der Waals surface area contributed by atoms with E-state index in [1.807, 2.05) is 82.7 Å². The lowest BCUT2D eigenvalue weighted by Gasteiger charge is -2.10. The zero-order valence-corrected chi connectivity index (χ0v) is 20.0. The smallest absolute Gasteiger partial charge is 0.236 e. The number of amides is 1. The predicted octanol–water partition coefficient (Wildman–Crippen LogP) is 6.10. The van der Waals surface area contributed by atoms with Gasteiger partial charge < -0.3 is 5.32 Å². The van der Waals surface area contributed by atoms with Crippen LogP contribution in [0.5, 0.6) is 0 Å². The maximum Gasteiger partial charge on any atom is 0.236 e. The molecular formula is C26H21N5OS2. The van der Waals surface area contributed by atoms with Gasteiger partial charge in [0.2, 0.25) is 5.91 Å². The molecule has 0 spiro atoms. The van der Waals surface area contributed by atoms with Crippen LogP contribution in [0.3, 0.4) is 0 Å². The second kappa shape index (κ2) is 10.0. The summed E-state index contributed by atoms with van der Waals surface area (Å²) >= 11 is 2.76. The molecule has 2 heterocycles. The Bertz CT molecular complexity index is 1400. The largest absolute Gasteiger partial charge is 0.301 e. The summed E-state index contributed by atoms with van der Waals surface area (Å²) in [6.45, 7) is 2.05. The highest BCUT2D eigenvalue weighted by atomic mass is 32.2. The lowest BCUT2D eigenvalue weighted by molar-refractivity contribution is -0.113. The Balaban J connectivity index is 1.31. The van der Waals surface area contributed by atoms with Gasteiger partial charge in [-0.3, -0.25) is 9.36 Å². The van der Waals surface area contributed by atoms with Gasteiger partial charge in [0.15, 0.2) is 16.1 Å². The van der Waals surface area contributed by atoms with E-state index >= 15 is 0 Å². The summed E-state index contributed by atoms with van der Waals surface area (Å²) in [6.07, 6.45) is 0. The van der Waals surface area contributed by atoms with Crippen LogP contribution in [0.4, 0.5) is 5.13 Å². The summed E-state index contributed by atoms with van der Waals surface area (Å²) in [5.41, 5.74) is 4.98. The number of hydrogen-bond acceptors (Lipinski definition) is 6. The first-order chi connectivity index (χ1) is 16.7. The lowest BCUT2D eigenvalue weighted by Crippen LogP contribution is -2.14. The maximum atomic E-state index is 12.7. The molecule has 0 bridgehead atoms. The molecule has 6 nitrogen and oxygen atoms in total. The number of benzene rings is 3. The fraction of sp³-hybridized carbons (Fsp3) is 0.0769. The molecule has 5 rings (SSSR count). The lowest BCUT2D eigenvalue weighted by atomic mass is 10.1. The molecule has 2 aromatic heterocycles. The molecule has 3 aromatic carbocycles. The number of carbonyl (C=O) groups excluding carboxylic acids is 1. The Morgan fingerprint density at radius 3 is 2.35 bits per heavy atom. The van der Waals surface area contributed by atoms with Crippen molar-refractivity contribution in [2.24, 2.45) is 0 Å². The summed E-state index contributed by atoms with van der Waals surface area (Å²) in [4.78, 5) is 17.2. The van der Waals surface area contributed by atoms with E-state index in [9.17, 15) is 4.79 Å². The molecule has 5 aromatic rings. The molecule has 0 radical (unpaired) electrons. The van der Waals surface area contributed by atoms with Gasteiger partial charge in [-0.2, -0.15) is 0 Å².